The van der Waals surface area contributed by atoms with Gasteiger partial charge in [-0.25, -0.2) is 4.79 Å². The molecule has 1 aromatic heterocycles. The smallest absolute Gasteiger partial charge is 0.330 e. The molecule has 2 N–H and O–H groups in total. The summed E-state index contributed by atoms with van der Waals surface area (Å²) in [6.45, 7) is 6.30. The van der Waals surface area contributed by atoms with Crippen LogP contribution in [-0.2, 0) is 0 Å². The zero-order valence-corrected chi connectivity index (χ0v) is 13.6. The second-order valence-corrected chi connectivity index (χ2v) is 7.08. The van der Waals surface area contributed by atoms with Crippen molar-refractivity contribution < 1.29 is 0 Å². The van der Waals surface area contributed by atoms with Gasteiger partial charge in [-0.15, -0.1) is 0 Å². The molecular weight excluding hydrogens is 276 g/mol. The summed E-state index contributed by atoms with van der Waals surface area (Å²) in [6, 6.07) is 2.28. The summed E-state index contributed by atoms with van der Waals surface area (Å²) < 4.78 is 1.84. The highest BCUT2D eigenvalue weighted by atomic mass is 16.1. The summed E-state index contributed by atoms with van der Waals surface area (Å²) in [7, 11) is 0. The summed E-state index contributed by atoms with van der Waals surface area (Å²) in [5, 5.41) is 0. The van der Waals surface area contributed by atoms with Crippen LogP contribution in [0.5, 0.6) is 0 Å². The quantitative estimate of drug-likeness (QED) is 0.917. The van der Waals surface area contributed by atoms with Gasteiger partial charge in [-0.3, -0.25) is 4.57 Å². The van der Waals surface area contributed by atoms with Gasteiger partial charge in [-0.1, -0.05) is 0 Å². The van der Waals surface area contributed by atoms with Crippen molar-refractivity contribution >= 4 is 0 Å². The molecule has 0 aromatic carbocycles. The van der Waals surface area contributed by atoms with Crippen LogP contribution in [0.25, 0.3) is 0 Å². The molecule has 122 valence electrons. The van der Waals surface area contributed by atoms with Crippen LogP contribution in [0.2, 0.25) is 0 Å². The van der Waals surface area contributed by atoms with Crippen LogP contribution in [0.1, 0.15) is 43.8 Å². The van der Waals surface area contributed by atoms with Gasteiger partial charge in [0, 0.05) is 31.0 Å². The number of hydrogen-bond donors (Lipinski definition) is 1. The van der Waals surface area contributed by atoms with Crippen molar-refractivity contribution in [3.8, 4) is 0 Å². The first-order valence-electron chi connectivity index (χ1n) is 8.64. The number of aryl methyl sites for hydroxylation is 1. The number of nitrogens with two attached hydrogens (primary N) is 1. The van der Waals surface area contributed by atoms with Gasteiger partial charge in [0.2, 0.25) is 0 Å². The van der Waals surface area contributed by atoms with Crippen molar-refractivity contribution in [3.05, 3.63) is 28.4 Å². The molecule has 1 aliphatic heterocycles. The lowest BCUT2D eigenvalue weighted by molar-refractivity contribution is 0.199. The van der Waals surface area contributed by atoms with Gasteiger partial charge in [0.25, 0.3) is 0 Å². The standard InChI is InChI=1S/C17H28N4O/c1-13-6-9-21(17(22)19-13)16-4-2-14(3-5-16)11-20-8-7-15(10-18)12-20/h6,9,14-16H,2-5,7-8,10-12,18H2,1H3. The van der Waals surface area contributed by atoms with E-state index >= 15 is 0 Å². The fraction of sp³-hybridized carbons (Fsp3) is 0.765. The van der Waals surface area contributed by atoms with Gasteiger partial charge in [-0.05, 0) is 70.0 Å². The maximum atomic E-state index is 12.0. The Hall–Kier alpha value is -1.20. The minimum Gasteiger partial charge on any atom is -0.330 e. The molecule has 5 heteroatoms. The number of aromatic nitrogens is 2. The highest BCUT2D eigenvalue weighted by molar-refractivity contribution is 4.97. The Balaban J connectivity index is 1.51. The third-order valence-electron chi connectivity index (χ3n) is 5.40. The van der Waals surface area contributed by atoms with Gasteiger partial charge in [0.05, 0.1) is 0 Å². The molecule has 1 aromatic rings. The van der Waals surface area contributed by atoms with Crippen molar-refractivity contribution in [1.82, 2.24) is 14.5 Å². The summed E-state index contributed by atoms with van der Waals surface area (Å²) in [5.41, 5.74) is 6.49. The molecule has 0 bridgehead atoms. The van der Waals surface area contributed by atoms with Crippen LogP contribution in [0.4, 0.5) is 0 Å². The Labute approximate surface area is 132 Å². The number of likely N-dealkylation sites (tertiary alicyclic amines) is 1. The Morgan fingerprint density at radius 2 is 2.00 bits per heavy atom. The van der Waals surface area contributed by atoms with E-state index in [1.165, 1.54) is 38.9 Å². The van der Waals surface area contributed by atoms with Crippen LogP contribution in [0.15, 0.2) is 17.1 Å². The lowest BCUT2D eigenvalue weighted by atomic mass is 9.85. The zero-order chi connectivity index (χ0) is 15.5. The van der Waals surface area contributed by atoms with Crippen molar-refractivity contribution in [3.63, 3.8) is 0 Å². The van der Waals surface area contributed by atoms with E-state index in [4.69, 9.17) is 5.73 Å². The van der Waals surface area contributed by atoms with E-state index in [1.807, 2.05) is 23.8 Å². The lowest BCUT2D eigenvalue weighted by Gasteiger charge is -2.32. The number of rotatable bonds is 4. The Morgan fingerprint density at radius 3 is 2.64 bits per heavy atom. The second kappa shape index (κ2) is 6.92. The van der Waals surface area contributed by atoms with Gasteiger partial charge >= 0.3 is 5.69 Å². The SMILES string of the molecule is Cc1ccn(C2CCC(CN3CCC(CN)C3)CC2)c(=O)n1. The van der Waals surface area contributed by atoms with E-state index < -0.39 is 0 Å². The highest BCUT2D eigenvalue weighted by Gasteiger charge is 2.27. The van der Waals surface area contributed by atoms with Crippen LogP contribution in [0.3, 0.4) is 0 Å². The van der Waals surface area contributed by atoms with Crippen molar-refractivity contribution in [2.75, 3.05) is 26.2 Å². The predicted octanol–water partition coefficient (Wildman–Crippen LogP) is 1.56. The molecule has 1 saturated carbocycles. The van der Waals surface area contributed by atoms with E-state index in [-0.39, 0.29) is 5.69 Å². The molecule has 0 amide bonds. The van der Waals surface area contributed by atoms with E-state index in [2.05, 4.69) is 9.88 Å². The molecule has 2 aliphatic rings. The molecule has 0 radical (unpaired) electrons. The van der Waals surface area contributed by atoms with Crippen molar-refractivity contribution in [1.29, 1.82) is 0 Å². The van der Waals surface area contributed by atoms with E-state index in [0.717, 1.165) is 31.0 Å². The van der Waals surface area contributed by atoms with E-state index in [1.54, 1.807) is 0 Å². The molecule has 1 unspecified atom stereocenters. The minimum atomic E-state index is -0.0891. The fourth-order valence-corrected chi connectivity index (χ4v) is 4.02. The monoisotopic (exact) mass is 304 g/mol. The van der Waals surface area contributed by atoms with Crippen molar-refractivity contribution in [2.45, 2.75) is 45.1 Å². The summed E-state index contributed by atoms with van der Waals surface area (Å²) in [6.07, 6.45) is 7.81. The van der Waals surface area contributed by atoms with Crippen LogP contribution >= 0.6 is 0 Å². The average Bonchev–Trinajstić information content (AvgIpc) is 2.96. The van der Waals surface area contributed by atoms with Gasteiger partial charge < -0.3 is 10.6 Å². The zero-order valence-electron chi connectivity index (χ0n) is 13.6. The molecular formula is C17H28N4O. The Kier molecular flexibility index (Phi) is 4.93. The molecule has 1 atom stereocenters. The Morgan fingerprint density at radius 1 is 1.23 bits per heavy atom. The van der Waals surface area contributed by atoms with Crippen LogP contribution < -0.4 is 11.4 Å². The van der Waals surface area contributed by atoms with E-state index in [9.17, 15) is 4.79 Å². The molecule has 0 spiro atoms. The predicted molar refractivity (Wildman–Crippen MR) is 87.8 cm³/mol. The first-order valence-corrected chi connectivity index (χ1v) is 8.64. The average molecular weight is 304 g/mol. The summed E-state index contributed by atoms with van der Waals surface area (Å²) in [5.74, 6) is 1.48. The number of hydrogen-bond acceptors (Lipinski definition) is 4. The Bertz CT molecular complexity index is 548. The third-order valence-corrected chi connectivity index (χ3v) is 5.40. The minimum absolute atomic E-state index is 0.0891. The maximum absolute atomic E-state index is 12.0. The largest absolute Gasteiger partial charge is 0.348 e. The lowest BCUT2D eigenvalue weighted by Crippen LogP contribution is -2.33. The van der Waals surface area contributed by atoms with E-state index in [0.29, 0.717) is 12.0 Å². The normalized spacial score (nSPS) is 29.8. The number of nitrogens with zero attached hydrogens (tertiary/aromatic N) is 3. The second-order valence-electron chi connectivity index (χ2n) is 7.08. The fourth-order valence-electron chi connectivity index (χ4n) is 4.02. The molecule has 22 heavy (non-hydrogen) atoms. The molecule has 2 fully saturated rings. The molecule has 5 nitrogen and oxygen atoms in total. The van der Waals surface area contributed by atoms with Crippen LogP contribution in [0, 0.1) is 18.8 Å². The summed E-state index contributed by atoms with van der Waals surface area (Å²) >= 11 is 0. The van der Waals surface area contributed by atoms with Gasteiger partial charge in [0.15, 0.2) is 0 Å². The summed E-state index contributed by atoms with van der Waals surface area (Å²) in [4.78, 5) is 18.6. The first-order chi connectivity index (χ1) is 10.7. The maximum Gasteiger partial charge on any atom is 0.348 e. The topological polar surface area (TPSA) is 64.2 Å². The van der Waals surface area contributed by atoms with Gasteiger partial charge in [0.1, 0.15) is 0 Å². The van der Waals surface area contributed by atoms with Gasteiger partial charge in [-0.2, -0.15) is 4.98 Å². The molecule has 1 saturated heterocycles. The highest BCUT2D eigenvalue weighted by Crippen LogP contribution is 2.32. The third kappa shape index (κ3) is 3.58. The molecule has 3 rings (SSSR count). The first kappa shape index (κ1) is 15.7. The van der Waals surface area contributed by atoms with Crippen LogP contribution in [-0.4, -0.2) is 40.6 Å². The molecule has 2 heterocycles. The van der Waals surface area contributed by atoms with Crippen molar-refractivity contribution in [2.24, 2.45) is 17.6 Å². The molecule has 1 aliphatic carbocycles.